The molecule has 0 spiro atoms. The topological polar surface area (TPSA) is 44.9 Å². The molecule has 0 saturated carbocycles. The number of para-hydroxylation sites is 1. The molecule has 1 aliphatic heterocycles. The first-order chi connectivity index (χ1) is 9.20. The van der Waals surface area contributed by atoms with Gasteiger partial charge >= 0.3 is 0 Å². The number of aliphatic imine (C=N–C) groups is 1. The molecule has 1 fully saturated rings. The number of hydrogen-bond donors (Lipinski definition) is 1. The number of nitrogens with two attached hydrogens (primary N) is 1. The van der Waals surface area contributed by atoms with E-state index in [-0.39, 0.29) is 0 Å². The average Bonchev–Trinajstić information content (AvgIpc) is 2.61. The Bertz CT molecular complexity index is 415. The zero-order valence-electron chi connectivity index (χ0n) is 11.9. The number of hydrogen-bond acceptors (Lipinski definition) is 2. The fourth-order valence-electron chi connectivity index (χ4n) is 2.59. The van der Waals surface area contributed by atoms with Gasteiger partial charge in [-0.2, -0.15) is 0 Å². The van der Waals surface area contributed by atoms with Crippen molar-refractivity contribution in [2.45, 2.75) is 25.8 Å². The van der Waals surface area contributed by atoms with E-state index in [4.69, 9.17) is 5.73 Å². The maximum atomic E-state index is 6.22. The first-order valence-corrected chi connectivity index (χ1v) is 7.05. The van der Waals surface area contributed by atoms with Gasteiger partial charge in [-0.25, -0.2) is 4.99 Å². The lowest BCUT2D eigenvalue weighted by Gasteiger charge is -2.31. The van der Waals surface area contributed by atoms with Gasteiger partial charge in [0.25, 0.3) is 0 Å². The van der Waals surface area contributed by atoms with E-state index in [1.54, 1.807) is 0 Å². The van der Waals surface area contributed by atoms with Gasteiger partial charge in [0.15, 0.2) is 5.96 Å². The van der Waals surface area contributed by atoms with Crippen molar-refractivity contribution in [3.05, 3.63) is 30.3 Å². The Kier molecular flexibility index (Phi) is 4.80. The van der Waals surface area contributed by atoms with Crippen molar-refractivity contribution in [3.8, 4) is 0 Å². The average molecular weight is 260 g/mol. The Labute approximate surface area is 115 Å². The van der Waals surface area contributed by atoms with Gasteiger partial charge in [-0.3, -0.25) is 0 Å². The molecule has 1 saturated heterocycles. The third kappa shape index (κ3) is 3.70. The SMILES string of the molecule is CCC1CN(C)CCCN1C(N)=Nc1ccccc1. The number of guanidine groups is 1. The number of benzene rings is 1. The van der Waals surface area contributed by atoms with Crippen molar-refractivity contribution < 1.29 is 0 Å². The first kappa shape index (κ1) is 13.9. The molecule has 1 atom stereocenters. The second-order valence-electron chi connectivity index (χ2n) is 5.18. The van der Waals surface area contributed by atoms with Crippen LogP contribution in [0.25, 0.3) is 0 Å². The summed E-state index contributed by atoms with van der Waals surface area (Å²) in [6, 6.07) is 10.4. The third-order valence-corrected chi connectivity index (χ3v) is 3.67. The molecular weight excluding hydrogens is 236 g/mol. The molecule has 1 heterocycles. The molecule has 104 valence electrons. The Balaban J connectivity index is 2.16. The molecule has 1 aromatic rings. The lowest BCUT2D eigenvalue weighted by molar-refractivity contribution is 0.262. The molecular formula is C15H24N4. The summed E-state index contributed by atoms with van der Waals surface area (Å²) in [5.74, 6) is 0.647. The Hall–Kier alpha value is -1.55. The van der Waals surface area contributed by atoms with E-state index in [9.17, 15) is 0 Å². The largest absolute Gasteiger partial charge is 0.369 e. The number of nitrogens with zero attached hydrogens (tertiary/aromatic N) is 3. The highest BCUT2D eigenvalue weighted by Gasteiger charge is 2.23. The molecule has 1 unspecified atom stereocenters. The highest BCUT2D eigenvalue weighted by Crippen LogP contribution is 2.15. The molecule has 4 nitrogen and oxygen atoms in total. The molecule has 0 aromatic heterocycles. The van der Waals surface area contributed by atoms with Crippen LogP contribution in [0.3, 0.4) is 0 Å². The van der Waals surface area contributed by atoms with E-state index in [1.165, 1.54) is 0 Å². The predicted molar refractivity (Wildman–Crippen MR) is 80.6 cm³/mol. The number of rotatable bonds is 2. The van der Waals surface area contributed by atoms with Gasteiger partial charge in [0.1, 0.15) is 0 Å². The zero-order chi connectivity index (χ0) is 13.7. The standard InChI is InChI=1S/C15H24N4/c1-3-14-12-18(2)10-7-11-19(14)15(16)17-13-8-5-4-6-9-13/h4-6,8-9,14H,3,7,10-12H2,1-2H3,(H2,16,17). The fourth-order valence-corrected chi connectivity index (χ4v) is 2.59. The van der Waals surface area contributed by atoms with E-state index < -0.39 is 0 Å². The van der Waals surface area contributed by atoms with E-state index in [2.05, 4.69) is 28.8 Å². The van der Waals surface area contributed by atoms with Crippen LogP contribution in [0.4, 0.5) is 5.69 Å². The van der Waals surface area contributed by atoms with Crippen LogP contribution in [0.15, 0.2) is 35.3 Å². The molecule has 2 N–H and O–H groups in total. The van der Waals surface area contributed by atoms with Crippen molar-refractivity contribution in [1.82, 2.24) is 9.80 Å². The van der Waals surface area contributed by atoms with Gasteiger partial charge in [0.2, 0.25) is 0 Å². The molecule has 0 radical (unpaired) electrons. The summed E-state index contributed by atoms with van der Waals surface area (Å²) in [7, 11) is 2.18. The minimum Gasteiger partial charge on any atom is -0.369 e. The molecule has 0 amide bonds. The predicted octanol–water partition coefficient (Wildman–Crippen LogP) is 2.05. The Morgan fingerprint density at radius 3 is 2.74 bits per heavy atom. The van der Waals surface area contributed by atoms with E-state index in [1.807, 2.05) is 30.3 Å². The van der Waals surface area contributed by atoms with Gasteiger partial charge in [0, 0.05) is 19.1 Å². The minimum absolute atomic E-state index is 0.458. The molecule has 19 heavy (non-hydrogen) atoms. The van der Waals surface area contributed by atoms with Crippen LogP contribution in [0, 0.1) is 0 Å². The summed E-state index contributed by atoms with van der Waals surface area (Å²) < 4.78 is 0. The van der Waals surface area contributed by atoms with Crippen molar-refractivity contribution in [2.75, 3.05) is 26.7 Å². The summed E-state index contributed by atoms with van der Waals surface area (Å²) in [6.07, 6.45) is 2.23. The second-order valence-corrected chi connectivity index (χ2v) is 5.18. The first-order valence-electron chi connectivity index (χ1n) is 7.05. The highest BCUT2D eigenvalue weighted by molar-refractivity contribution is 5.81. The smallest absolute Gasteiger partial charge is 0.196 e. The lowest BCUT2D eigenvalue weighted by Crippen LogP contribution is -2.47. The molecule has 1 aromatic carbocycles. The molecule has 4 heteroatoms. The van der Waals surface area contributed by atoms with Crippen LogP contribution in [-0.4, -0.2) is 48.5 Å². The fraction of sp³-hybridized carbons (Fsp3) is 0.533. The van der Waals surface area contributed by atoms with Crippen molar-refractivity contribution in [1.29, 1.82) is 0 Å². The molecule has 0 bridgehead atoms. The van der Waals surface area contributed by atoms with Crippen LogP contribution in [0.1, 0.15) is 19.8 Å². The summed E-state index contributed by atoms with van der Waals surface area (Å²) >= 11 is 0. The van der Waals surface area contributed by atoms with E-state index in [0.29, 0.717) is 12.0 Å². The van der Waals surface area contributed by atoms with Crippen molar-refractivity contribution >= 4 is 11.6 Å². The van der Waals surface area contributed by atoms with Crippen molar-refractivity contribution in [3.63, 3.8) is 0 Å². The minimum atomic E-state index is 0.458. The van der Waals surface area contributed by atoms with Crippen LogP contribution >= 0.6 is 0 Å². The van der Waals surface area contributed by atoms with Crippen LogP contribution in [0.5, 0.6) is 0 Å². The van der Waals surface area contributed by atoms with Gasteiger partial charge in [-0.05, 0) is 38.6 Å². The maximum Gasteiger partial charge on any atom is 0.196 e. The molecule has 2 rings (SSSR count). The van der Waals surface area contributed by atoms with Gasteiger partial charge in [-0.1, -0.05) is 25.1 Å². The zero-order valence-corrected chi connectivity index (χ0v) is 11.9. The highest BCUT2D eigenvalue weighted by atomic mass is 15.3. The molecule has 0 aliphatic carbocycles. The quantitative estimate of drug-likeness (QED) is 0.654. The summed E-state index contributed by atoms with van der Waals surface area (Å²) in [5.41, 5.74) is 7.14. The number of likely N-dealkylation sites (N-methyl/N-ethyl adjacent to an activating group) is 1. The lowest BCUT2D eigenvalue weighted by atomic mass is 10.2. The molecule has 1 aliphatic rings. The van der Waals surface area contributed by atoms with Gasteiger partial charge < -0.3 is 15.5 Å². The Morgan fingerprint density at radius 1 is 1.32 bits per heavy atom. The Morgan fingerprint density at radius 2 is 2.05 bits per heavy atom. The van der Waals surface area contributed by atoms with E-state index >= 15 is 0 Å². The van der Waals surface area contributed by atoms with Gasteiger partial charge in [-0.15, -0.1) is 0 Å². The monoisotopic (exact) mass is 260 g/mol. The van der Waals surface area contributed by atoms with Crippen LogP contribution in [0.2, 0.25) is 0 Å². The normalized spacial score (nSPS) is 22.3. The van der Waals surface area contributed by atoms with Crippen LogP contribution < -0.4 is 5.73 Å². The maximum absolute atomic E-state index is 6.22. The second kappa shape index (κ2) is 6.57. The van der Waals surface area contributed by atoms with Crippen molar-refractivity contribution in [2.24, 2.45) is 10.7 Å². The van der Waals surface area contributed by atoms with Crippen LogP contribution in [-0.2, 0) is 0 Å². The summed E-state index contributed by atoms with van der Waals surface area (Å²) in [6.45, 7) is 5.39. The summed E-state index contributed by atoms with van der Waals surface area (Å²) in [4.78, 5) is 9.19. The third-order valence-electron chi connectivity index (χ3n) is 3.67. The van der Waals surface area contributed by atoms with E-state index in [0.717, 1.165) is 38.2 Å². The van der Waals surface area contributed by atoms with Gasteiger partial charge in [0.05, 0.1) is 5.69 Å². The summed E-state index contributed by atoms with van der Waals surface area (Å²) in [5, 5.41) is 0.